The molecule has 0 rings (SSSR count). The molecule has 12 heavy (non-hydrogen) atoms. The van der Waals surface area contributed by atoms with Gasteiger partial charge in [-0.25, -0.2) is 22.0 Å². The molecule has 74 valence electrons. The minimum atomic E-state index is -2.70. The van der Waals surface area contributed by atoms with E-state index >= 15 is 0 Å². The van der Waals surface area contributed by atoms with Gasteiger partial charge in [-0.3, -0.25) is 4.90 Å². The third-order valence-corrected chi connectivity index (χ3v) is 1.19. The van der Waals surface area contributed by atoms with Crippen LogP contribution in [0.5, 0.6) is 0 Å². The Morgan fingerprint density at radius 3 is 1.58 bits per heavy atom. The van der Waals surface area contributed by atoms with Crippen LogP contribution in [0.3, 0.4) is 0 Å². The van der Waals surface area contributed by atoms with Gasteiger partial charge < -0.3 is 0 Å². The van der Waals surface area contributed by atoms with E-state index in [1.54, 1.807) is 0 Å². The van der Waals surface area contributed by atoms with Crippen molar-refractivity contribution in [3.8, 4) is 0 Å². The molecule has 0 saturated heterocycles. The van der Waals surface area contributed by atoms with E-state index in [0.717, 1.165) is 0 Å². The lowest BCUT2D eigenvalue weighted by molar-refractivity contribution is 0.0404. The molecule has 0 aliphatic carbocycles. The molecule has 0 aromatic heterocycles. The molecular weight excluding hydrogens is 181 g/mol. The number of halogens is 5. The molecule has 0 saturated carbocycles. The molecular formula is C6H10F5N. The van der Waals surface area contributed by atoms with Gasteiger partial charge in [0.25, 0.3) is 12.9 Å². The van der Waals surface area contributed by atoms with E-state index in [-0.39, 0.29) is 6.54 Å². The van der Waals surface area contributed by atoms with Crippen LogP contribution in [-0.4, -0.2) is 44.1 Å². The summed E-state index contributed by atoms with van der Waals surface area (Å²) in [4.78, 5) is 0.704. The zero-order valence-electron chi connectivity index (χ0n) is 6.32. The second-order valence-corrected chi connectivity index (χ2v) is 2.23. The van der Waals surface area contributed by atoms with Crippen molar-refractivity contribution in [1.29, 1.82) is 0 Å². The van der Waals surface area contributed by atoms with Crippen LogP contribution in [0.25, 0.3) is 0 Å². The van der Waals surface area contributed by atoms with Crippen LogP contribution in [0.1, 0.15) is 0 Å². The van der Waals surface area contributed by atoms with Crippen molar-refractivity contribution >= 4 is 0 Å². The van der Waals surface area contributed by atoms with Crippen molar-refractivity contribution in [2.45, 2.75) is 12.9 Å². The van der Waals surface area contributed by atoms with Gasteiger partial charge in [0.2, 0.25) is 0 Å². The molecule has 0 bridgehead atoms. The Kier molecular flexibility index (Phi) is 5.96. The standard InChI is InChI=1S/C6H10F5N/c7-1-2-12(3-5(8)9)4-6(10)11/h5-6H,1-4H2. The first-order chi connectivity index (χ1) is 5.56. The maximum atomic E-state index is 11.6. The lowest BCUT2D eigenvalue weighted by Crippen LogP contribution is -2.34. The number of hydrogen-bond donors (Lipinski definition) is 0. The highest BCUT2D eigenvalue weighted by molar-refractivity contribution is 4.59. The molecule has 0 aliphatic rings. The highest BCUT2D eigenvalue weighted by atomic mass is 19.3. The Bertz CT molecular complexity index is 98.1. The summed E-state index contributed by atoms with van der Waals surface area (Å²) in [5.74, 6) is 0. The normalized spacial score (nSPS) is 12.0. The number of rotatable bonds is 6. The molecule has 0 amide bonds. The van der Waals surface area contributed by atoms with Gasteiger partial charge in [-0.1, -0.05) is 0 Å². The van der Waals surface area contributed by atoms with E-state index in [9.17, 15) is 22.0 Å². The van der Waals surface area contributed by atoms with Crippen molar-refractivity contribution in [2.24, 2.45) is 0 Å². The lowest BCUT2D eigenvalue weighted by atomic mass is 10.4. The van der Waals surface area contributed by atoms with E-state index in [4.69, 9.17) is 0 Å². The SMILES string of the molecule is FCCN(CC(F)F)CC(F)F. The second-order valence-electron chi connectivity index (χ2n) is 2.23. The predicted molar refractivity (Wildman–Crippen MR) is 34.4 cm³/mol. The fourth-order valence-electron chi connectivity index (χ4n) is 0.767. The number of alkyl halides is 5. The minimum Gasteiger partial charge on any atom is -0.289 e. The summed E-state index contributed by atoms with van der Waals surface area (Å²) in [6.07, 6.45) is -5.40. The first-order valence-electron chi connectivity index (χ1n) is 3.41. The molecule has 0 aliphatic heterocycles. The summed E-state index contributed by atoms with van der Waals surface area (Å²) < 4.78 is 58.2. The van der Waals surface area contributed by atoms with Crippen molar-refractivity contribution in [1.82, 2.24) is 4.90 Å². The predicted octanol–water partition coefficient (Wildman–Crippen LogP) is 1.79. The van der Waals surface area contributed by atoms with Gasteiger partial charge in [0, 0.05) is 6.54 Å². The summed E-state index contributed by atoms with van der Waals surface area (Å²) in [7, 11) is 0. The van der Waals surface area contributed by atoms with Crippen LogP contribution in [0.2, 0.25) is 0 Å². The summed E-state index contributed by atoms with van der Waals surface area (Å²) >= 11 is 0. The fourth-order valence-corrected chi connectivity index (χ4v) is 0.767. The van der Waals surface area contributed by atoms with Crippen LogP contribution in [0.4, 0.5) is 22.0 Å². The zero-order valence-corrected chi connectivity index (χ0v) is 6.32. The summed E-state index contributed by atoms with van der Waals surface area (Å²) in [5, 5.41) is 0. The molecule has 0 aromatic rings. The highest BCUT2D eigenvalue weighted by Crippen LogP contribution is 2.02. The molecule has 0 heterocycles. The molecule has 0 spiro atoms. The van der Waals surface area contributed by atoms with Gasteiger partial charge >= 0.3 is 0 Å². The molecule has 1 nitrogen and oxygen atoms in total. The van der Waals surface area contributed by atoms with Crippen molar-refractivity contribution in [3.63, 3.8) is 0 Å². The van der Waals surface area contributed by atoms with Crippen LogP contribution >= 0.6 is 0 Å². The topological polar surface area (TPSA) is 3.24 Å². The Morgan fingerprint density at radius 1 is 0.917 bits per heavy atom. The molecule has 0 unspecified atom stereocenters. The van der Waals surface area contributed by atoms with E-state index in [2.05, 4.69) is 0 Å². The van der Waals surface area contributed by atoms with Gasteiger partial charge in [0.15, 0.2) is 0 Å². The average molecular weight is 191 g/mol. The monoisotopic (exact) mass is 191 g/mol. The summed E-state index contributed by atoms with van der Waals surface area (Å²) in [5.41, 5.74) is 0. The minimum absolute atomic E-state index is 0.366. The van der Waals surface area contributed by atoms with Crippen LogP contribution in [-0.2, 0) is 0 Å². The number of nitrogens with zero attached hydrogens (tertiary/aromatic N) is 1. The van der Waals surface area contributed by atoms with E-state index in [0.29, 0.717) is 4.90 Å². The number of hydrogen-bond acceptors (Lipinski definition) is 1. The molecule has 6 heteroatoms. The lowest BCUT2D eigenvalue weighted by Gasteiger charge is -2.19. The summed E-state index contributed by atoms with van der Waals surface area (Å²) in [6.45, 7) is -2.85. The van der Waals surface area contributed by atoms with E-state index in [1.807, 2.05) is 0 Å². The van der Waals surface area contributed by atoms with Crippen LogP contribution in [0.15, 0.2) is 0 Å². The third-order valence-electron chi connectivity index (χ3n) is 1.19. The van der Waals surface area contributed by atoms with E-state index in [1.165, 1.54) is 0 Å². The Balaban J connectivity index is 3.69. The van der Waals surface area contributed by atoms with Crippen LogP contribution in [0, 0.1) is 0 Å². The van der Waals surface area contributed by atoms with Crippen molar-refractivity contribution in [2.75, 3.05) is 26.3 Å². The van der Waals surface area contributed by atoms with Gasteiger partial charge in [0.1, 0.15) is 6.67 Å². The van der Waals surface area contributed by atoms with Crippen LogP contribution < -0.4 is 0 Å². The largest absolute Gasteiger partial charge is 0.289 e. The maximum absolute atomic E-state index is 11.6. The third kappa shape index (κ3) is 6.33. The molecule has 0 fully saturated rings. The molecule has 0 aromatic carbocycles. The Labute approximate surface area is 67.2 Å². The van der Waals surface area contributed by atoms with Gasteiger partial charge in [-0.15, -0.1) is 0 Å². The van der Waals surface area contributed by atoms with Gasteiger partial charge in [-0.05, 0) is 0 Å². The smallest absolute Gasteiger partial charge is 0.251 e. The Morgan fingerprint density at radius 2 is 1.33 bits per heavy atom. The molecule has 0 N–H and O–H groups in total. The molecule has 0 atom stereocenters. The van der Waals surface area contributed by atoms with Gasteiger partial charge in [-0.2, -0.15) is 0 Å². The first kappa shape index (κ1) is 11.6. The zero-order chi connectivity index (χ0) is 9.56. The van der Waals surface area contributed by atoms with Gasteiger partial charge in [0.05, 0.1) is 13.1 Å². The average Bonchev–Trinajstić information content (AvgIpc) is 1.84. The fraction of sp³-hybridized carbons (Fsp3) is 1.00. The maximum Gasteiger partial charge on any atom is 0.251 e. The molecule has 0 radical (unpaired) electrons. The summed E-state index contributed by atoms with van der Waals surface area (Å²) in [6, 6.07) is 0. The van der Waals surface area contributed by atoms with E-state index < -0.39 is 32.6 Å². The first-order valence-corrected chi connectivity index (χ1v) is 3.41. The highest BCUT2D eigenvalue weighted by Gasteiger charge is 2.15. The quantitative estimate of drug-likeness (QED) is 0.578. The van der Waals surface area contributed by atoms with Crippen molar-refractivity contribution in [3.05, 3.63) is 0 Å². The Hall–Kier alpha value is -0.390. The second kappa shape index (κ2) is 6.16. The van der Waals surface area contributed by atoms with Crippen molar-refractivity contribution < 1.29 is 22.0 Å².